The molecule has 3 aliphatic heterocycles. The van der Waals surface area contributed by atoms with Gasteiger partial charge in [-0.05, 0) is 39.0 Å². The molecule has 4 atom stereocenters. The second kappa shape index (κ2) is 8.92. The van der Waals surface area contributed by atoms with Crippen molar-refractivity contribution in [3.63, 3.8) is 0 Å². The van der Waals surface area contributed by atoms with Gasteiger partial charge in [-0.3, -0.25) is 4.74 Å². The van der Waals surface area contributed by atoms with Crippen LogP contribution < -0.4 is 9.64 Å². The average molecular weight is 563 g/mol. The molecular formula is C24H23BrClN4O5+. The Bertz CT molecular complexity index is 1310. The molecule has 6 rings (SSSR count). The largest absolute Gasteiger partial charge is 0.460 e. The maximum atomic E-state index is 10.1. The summed E-state index contributed by atoms with van der Waals surface area (Å²) < 4.78 is 23.6. The van der Waals surface area contributed by atoms with Gasteiger partial charge in [0.2, 0.25) is 12.0 Å². The summed E-state index contributed by atoms with van der Waals surface area (Å²) >= 11 is 10.2. The first-order valence-corrected chi connectivity index (χ1v) is 12.5. The Balaban J connectivity index is 1.29. The molecule has 0 radical (unpaired) electrons. The van der Waals surface area contributed by atoms with Crippen LogP contribution in [0.2, 0.25) is 5.02 Å². The molecule has 2 aromatic heterocycles. The minimum Gasteiger partial charge on any atom is -0.460 e. The summed E-state index contributed by atoms with van der Waals surface area (Å²) in [5, 5.41) is 10.6. The third-order valence-electron chi connectivity index (χ3n) is 6.74. The average Bonchev–Trinajstić information content (AvgIpc) is 3.51. The number of aromatic amines is 1. The molecule has 2 N–H and O–H groups in total. The number of rotatable bonds is 4. The van der Waals surface area contributed by atoms with Crippen LogP contribution in [0.15, 0.2) is 34.8 Å². The quantitative estimate of drug-likeness (QED) is 0.501. The van der Waals surface area contributed by atoms with E-state index < -0.39 is 24.0 Å². The number of fused-ring (bicyclic) bond motifs is 2. The van der Waals surface area contributed by atoms with E-state index in [-0.39, 0.29) is 13.2 Å². The Labute approximate surface area is 214 Å². The summed E-state index contributed by atoms with van der Waals surface area (Å²) in [5.74, 6) is 0.422. The van der Waals surface area contributed by atoms with Gasteiger partial charge in [0.05, 0.1) is 42.7 Å². The van der Waals surface area contributed by atoms with Crippen molar-refractivity contribution in [2.24, 2.45) is 0 Å². The van der Waals surface area contributed by atoms with Crippen molar-refractivity contribution in [2.45, 2.75) is 24.0 Å². The molecule has 11 heteroatoms. The zero-order chi connectivity index (χ0) is 24.2. The number of anilines is 1. The highest BCUT2D eigenvalue weighted by atomic mass is 79.9. The fourth-order valence-electron chi connectivity index (χ4n) is 4.91. The molecule has 3 fully saturated rings. The van der Waals surface area contributed by atoms with Gasteiger partial charge in [-0.2, -0.15) is 0 Å². The Kier molecular flexibility index (Phi) is 5.87. The van der Waals surface area contributed by atoms with Crippen LogP contribution in [-0.2, 0) is 14.2 Å². The molecule has 3 aromatic rings. The molecule has 0 aliphatic carbocycles. The van der Waals surface area contributed by atoms with E-state index in [0.29, 0.717) is 32.1 Å². The van der Waals surface area contributed by atoms with Crippen molar-refractivity contribution in [3.8, 4) is 23.7 Å². The van der Waals surface area contributed by atoms with Crippen LogP contribution in [-0.4, -0.2) is 78.6 Å². The van der Waals surface area contributed by atoms with Crippen LogP contribution in [0, 0.1) is 6.57 Å². The fourth-order valence-corrected chi connectivity index (χ4v) is 5.66. The Morgan fingerprint density at radius 1 is 1.26 bits per heavy atom. The van der Waals surface area contributed by atoms with Crippen molar-refractivity contribution in [2.75, 3.05) is 44.4 Å². The lowest BCUT2D eigenvalue weighted by Crippen LogP contribution is -2.46. The Morgan fingerprint density at radius 2 is 2.03 bits per heavy atom. The van der Waals surface area contributed by atoms with Gasteiger partial charge < -0.3 is 29.2 Å². The van der Waals surface area contributed by atoms with Gasteiger partial charge in [0.1, 0.15) is 16.1 Å². The third kappa shape index (κ3) is 3.78. The zero-order valence-electron chi connectivity index (χ0n) is 18.6. The number of halogens is 2. The highest BCUT2D eigenvalue weighted by molar-refractivity contribution is 9.10. The van der Waals surface area contributed by atoms with Crippen molar-refractivity contribution >= 4 is 44.3 Å². The van der Waals surface area contributed by atoms with Crippen molar-refractivity contribution in [1.82, 2.24) is 9.97 Å². The normalized spacial score (nSPS) is 28.3. The number of morpholine rings is 1. The Hall–Kier alpha value is -2.39. The summed E-state index contributed by atoms with van der Waals surface area (Å²) in [7, 11) is 0. The van der Waals surface area contributed by atoms with Gasteiger partial charge >= 0.3 is 5.72 Å². The van der Waals surface area contributed by atoms with Crippen molar-refractivity contribution in [1.29, 1.82) is 0 Å². The van der Waals surface area contributed by atoms with Crippen LogP contribution in [0.5, 0.6) is 5.88 Å². The highest BCUT2D eigenvalue weighted by Crippen LogP contribution is 2.43. The number of pyridine rings is 1. The number of aromatic nitrogens is 2. The van der Waals surface area contributed by atoms with Crippen LogP contribution in [0.3, 0.4) is 0 Å². The molecule has 0 amide bonds. The molecule has 35 heavy (non-hydrogen) atoms. The second-order valence-corrected chi connectivity index (χ2v) is 9.95. The SMILES string of the molecule is C#[N+][C@]12OC[C@@H](O)[C@H]1OC[C@H]2Oc1[nH]c2cc(Cl)c(-c3ccc(N4CCOCC4)cc3)nc2c1Br. The van der Waals surface area contributed by atoms with Gasteiger partial charge in [-0.25, -0.2) is 4.98 Å². The molecule has 0 spiro atoms. The number of aliphatic hydroxyl groups is 1. The molecule has 0 unspecified atom stereocenters. The number of hydrogen-bond acceptors (Lipinski definition) is 7. The molecule has 5 heterocycles. The van der Waals surface area contributed by atoms with Crippen LogP contribution in [0.4, 0.5) is 5.69 Å². The molecule has 0 saturated carbocycles. The first kappa shape index (κ1) is 23.0. The number of H-pyrrole nitrogens is 1. The van der Waals surface area contributed by atoms with E-state index >= 15 is 0 Å². The molecular weight excluding hydrogens is 540 g/mol. The highest BCUT2D eigenvalue weighted by Gasteiger charge is 2.71. The maximum absolute atomic E-state index is 10.1. The maximum Gasteiger partial charge on any atom is 0.452 e. The lowest BCUT2D eigenvalue weighted by molar-refractivity contribution is -0.0332. The lowest BCUT2D eigenvalue weighted by Gasteiger charge is -2.28. The summed E-state index contributed by atoms with van der Waals surface area (Å²) in [6, 6.07) is 10.0. The molecule has 3 saturated heterocycles. The minimum absolute atomic E-state index is 0.0734. The number of nitrogens with zero attached hydrogens (tertiary/aromatic N) is 3. The number of aliphatic hydroxyl groups excluding tert-OH is 1. The van der Waals surface area contributed by atoms with Gasteiger partial charge in [0.15, 0.2) is 6.10 Å². The van der Waals surface area contributed by atoms with Gasteiger partial charge in [0, 0.05) is 24.3 Å². The van der Waals surface area contributed by atoms with E-state index in [9.17, 15) is 5.11 Å². The van der Waals surface area contributed by atoms with Crippen LogP contribution in [0.1, 0.15) is 0 Å². The molecule has 9 nitrogen and oxygen atoms in total. The van der Waals surface area contributed by atoms with Crippen LogP contribution >= 0.6 is 27.5 Å². The zero-order valence-corrected chi connectivity index (χ0v) is 21.0. The summed E-state index contributed by atoms with van der Waals surface area (Å²) in [5.41, 5.74) is 2.81. The summed E-state index contributed by atoms with van der Waals surface area (Å²) in [6.07, 6.45) is -2.15. The second-order valence-electron chi connectivity index (χ2n) is 8.75. The molecule has 3 aliphatic rings. The van der Waals surface area contributed by atoms with Crippen molar-refractivity contribution < 1.29 is 24.1 Å². The predicted molar refractivity (Wildman–Crippen MR) is 134 cm³/mol. The van der Waals surface area contributed by atoms with Gasteiger partial charge in [0.25, 0.3) is 6.57 Å². The van der Waals surface area contributed by atoms with E-state index in [2.05, 4.69) is 42.8 Å². The first-order chi connectivity index (χ1) is 17.0. The van der Waals surface area contributed by atoms with Gasteiger partial charge in [-0.15, -0.1) is 0 Å². The number of nitrogens with one attached hydrogen (secondary N) is 1. The van der Waals surface area contributed by atoms with E-state index in [1.165, 1.54) is 0 Å². The number of benzene rings is 1. The number of hydrogen-bond donors (Lipinski definition) is 2. The Morgan fingerprint density at radius 3 is 2.77 bits per heavy atom. The van der Waals surface area contributed by atoms with E-state index in [1.807, 2.05) is 18.2 Å². The first-order valence-electron chi connectivity index (χ1n) is 11.3. The lowest BCUT2D eigenvalue weighted by atomic mass is 10.0. The summed E-state index contributed by atoms with van der Waals surface area (Å²) in [6.45, 7) is 9.12. The monoisotopic (exact) mass is 561 g/mol. The predicted octanol–water partition coefficient (Wildman–Crippen LogP) is 3.68. The summed E-state index contributed by atoms with van der Waals surface area (Å²) in [4.78, 5) is 14.2. The van der Waals surface area contributed by atoms with Crippen molar-refractivity contribution in [3.05, 3.63) is 44.7 Å². The van der Waals surface area contributed by atoms with Crippen LogP contribution in [0.25, 0.3) is 27.1 Å². The molecule has 182 valence electrons. The van der Waals surface area contributed by atoms with Gasteiger partial charge in [-0.1, -0.05) is 23.7 Å². The van der Waals surface area contributed by atoms with E-state index in [1.54, 1.807) is 0 Å². The smallest absolute Gasteiger partial charge is 0.452 e. The number of ether oxygens (including phenoxy) is 4. The standard InChI is InChI=1S/C24H23BrClN4O5/c1-27-24-18(12-33-22(24)17(31)11-34-24)35-23-19(25)21-16(28-23)10-15(26)20(29-21)13-2-4-14(5-3-13)30-6-8-32-9-7-30/h1-5,10,17-18,22,28,31H,6-9,11-12H2/q+1/t17-,18-,22-,24-/m1/s1. The molecule has 0 bridgehead atoms. The molecule has 1 aromatic carbocycles. The third-order valence-corrected chi connectivity index (χ3v) is 7.77. The topological polar surface area (TPSA) is 93.4 Å². The van der Waals surface area contributed by atoms with E-state index in [4.69, 9.17) is 42.1 Å². The van der Waals surface area contributed by atoms with E-state index in [0.717, 1.165) is 37.6 Å². The fraction of sp³-hybridized carbons (Fsp3) is 0.417. The minimum atomic E-state index is -1.27.